The summed E-state index contributed by atoms with van der Waals surface area (Å²) in [5.41, 5.74) is 3.03. The fourth-order valence-corrected chi connectivity index (χ4v) is 7.42. The van der Waals surface area contributed by atoms with E-state index < -0.39 is 12.0 Å². The molecule has 0 aliphatic heterocycles. The van der Waals surface area contributed by atoms with E-state index in [-0.39, 0.29) is 23.6 Å². The van der Waals surface area contributed by atoms with E-state index in [1.807, 2.05) is 20.8 Å². The molecule has 2 fully saturated rings. The first-order valence-electron chi connectivity index (χ1n) is 16.3. The van der Waals surface area contributed by atoms with E-state index in [2.05, 4.69) is 30.9 Å². The van der Waals surface area contributed by atoms with Gasteiger partial charge in [-0.1, -0.05) is 78.1 Å². The Hall–Kier alpha value is -3.56. The largest absolute Gasteiger partial charge is 0.339 e. The SMILES string of the molecule is CCCn1nccc1C(=O)N[C@H](C(=O)Nc1ccc(-c2c(CC)n[nH]c2C)c(F)n1)C(C1CCCCC1)C1CCCCC1. The Kier molecular flexibility index (Phi) is 10.3. The van der Waals surface area contributed by atoms with Crippen molar-refractivity contribution in [1.29, 1.82) is 0 Å². The second-order valence-corrected chi connectivity index (χ2v) is 12.3. The number of aryl methyl sites for hydroxylation is 3. The van der Waals surface area contributed by atoms with Crippen molar-refractivity contribution in [2.24, 2.45) is 17.8 Å². The summed E-state index contributed by atoms with van der Waals surface area (Å²) in [7, 11) is 0. The summed E-state index contributed by atoms with van der Waals surface area (Å²) in [5.74, 6) is -0.501. The highest BCUT2D eigenvalue weighted by Crippen LogP contribution is 2.42. The number of rotatable bonds is 11. The number of pyridine rings is 1. The topological polar surface area (TPSA) is 118 Å². The van der Waals surface area contributed by atoms with Gasteiger partial charge in [0.25, 0.3) is 5.91 Å². The van der Waals surface area contributed by atoms with Crippen LogP contribution < -0.4 is 10.6 Å². The Bertz CT molecular complexity index is 1370. The molecule has 3 N–H and O–H groups in total. The van der Waals surface area contributed by atoms with Crippen LogP contribution in [0.4, 0.5) is 10.2 Å². The van der Waals surface area contributed by atoms with Gasteiger partial charge in [-0.15, -0.1) is 0 Å². The van der Waals surface area contributed by atoms with Crippen LogP contribution in [0.3, 0.4) is 0 Å². The van der Waals surface area contributed by atoms with Crippen molar-refractivity contribution in [3.8, 4) is 11.1 Å². The van der Waals surface area contributed by atoms with E-state index in [9.17, 15) is 9.59 Å². The maximum atomic E-state index is 15.4. The molecule has 10 heteroatoms. The quantitative estimate of drug-likeness (QED) is 0.217. The monoisotopic (exact) mass is 591 g/mol. The summed E-state index contributed by atoms with van der Waals surface area (Å²) in [5, 5.41) is 17.6. The summed E-state index contributed by atoms with van der Waals surface area (Å²) in [6.45, 7) is 6.48. The summed E-state index contributed by atoms with van der Waals surface area (Å²) in [4.78, 5) is 32.1. The van der Waals surface area contributed by atoms with Crippen molar-refractivity contribution in [2.75, 3.05) is 5.32 Å². The summed E-state index contributed by atoms with van der Waals surface area (Å²) < 4.78 is 17.1. The normalized spacial score (nSPS) is 17.2. The Morgan fingerprint density at radius 3 is 2.30 bits per heavy atom. The maximum absolute atomic E-state index is 15.4. The Morgan fingerprint density at radius 1 is 1.02 bits per heavy atom. The highest BCUT2D eigenvalue weighted by molar-refractivity contribution is 6.00. The predicted molar refractivity (Wildman–Crippen MR) is 165 cm³/mol. The van der Waals surface area contributed by atoms with Gasteiger partial charge >= 0.3 is 0 Å². The first kappa shape index (κ1) is 30.9. The van der Waals surface area contributed by atoms with Crippen LogP contribution in [-0.4, -0.2) is 42.8 Å². The number of carbonyl (C=O) groups excluding carboxylic acids is 2. The molecule has 2 amide bonds. The lowest BCUT2D eigenvalue weighted by molar-refractivity contribution is -0.121. The van der Waals surface area contributed by atoms with Gasteiger partial charge in [-0.25, -0.2) is 4.98 Å². The van der Waals surface area contributed by atoms with Crippen LogP contribution in [0.15, 0.2) is 24.4 Å². The average Bonchev–Trinajstić information content (AvgIpc) is 3.64. The zero-order valence-electron chi connectivity index (χ0n) is 25.8. The van der Waals surface area contributed by atoms with Crippen LogP contribution in [-0.2, 0) is 17.8 Å². The van der Waals surface area contributed by atoms with Gasteiger partial charge in [-0.3, -0.25) is 19.4 Å². The smallest absolute Gasteiger partial charge is 0.270 e. The molecule has 0 radical (unpaired) electrons. The van der Waals surface area contributed by atoms with E-state index in [0.29, 0.717) is 41.6 Å². The molecule has 3 heterocycles. The second-order valence-electron chi connectivity index (χ2n) is 12.3. The number of anilines is 1. The second kappa shape index (κ2) is 14.3. The molecular formula is C33H46FN7O2. The average molecular weight is 592 g/mol. The number of H-pyrrole nitrogens is 1. The molecule has 5 rings (SSSR count). The van der Waals surface area contributed by atoms with Crippen LogP contribution >= 0.6 is 0 Å². The van der Waals surface area contributed by atoms with Crippen LogP contribution in [0.2, 0.25) is 0 Å². The molecule has 232 valence electrons. The predicted octanol–water partition coefficient (Wildman–Crippen LogP) is 6.60. The molecular weight excluding hydrogens is 545 g/mol. The molecule has 0 bridgehead atoms. The molecule has 3 aromatic rings. The minimum Gasteiger partial charge on any atom is -0.339 e. The number of nitrogens with zero attached hydrogens (tertiary/aromatic N) is 4. The van der Waals surface area contributed by atoms with E-state index in [1.54, 1.807) is 29.1 Å². The molecule has 9 nitrogen and oxygen atoms in total. The number of halogens is 1. The van der Waals surface area contributed by atoms with Crippen molar-refractivity contribution < 1.29 is 14.0 Å². The molecule has 1 atom stereocenters. The number of carbonyl (C=O) groups is 2. The fourth-order valence-electron chi connectivity index (χ4n) is 7.42. The number of aromatic nitrogens is 5. The molecule has 0 spiro atoms. The van der Waals surface area contributed by atoms with Crippen molar-refractivity contribution in [1.82, 2.24) is 30.3 Å². The van der Waals surface area contributed by atoms with E-state index in [4.69, 9.17) is 0 Å². The third kappa shape index (κ3) is 6.99. The molecule has 0 aromatic carbocycles. The summed E-state index contributed by atoms with van der Waals surface area (Å²) >= 11 is 0. The summed E-state index contributed by atoms with van der Waals surface area (Å²) in [6.07, 6.45) is 14.3. The fraction of sp³-hybridized carbons (Fsp3) is 0.606. The van der Waals surface area contributed by atoms with Crippen molar-refractivity contribution >= 4 is 17.6 Å². The van der Waals surface area contributed by atoms with Gasteiger partial charge in [0.1, 0.15) is 17.6 Å². The van der Waals surface area contributed by atoms with Gasteiger partial charge in [-0.2, -0.15) is 14.6 Å². The lowest BCUT2D eigenvalue weighted by Gasteiger charge is -2.41. The molecule has 2 aliphatic rings. The minimum atomic E-state index is -0.768. The van der Waals surface area contributed by atoms with Crippen molar-refractivity contribution in [3.63, 3.8) is 0 Å². The Balaban J connectivity index is 1.46. The molecule has 2 saturated carbocycles. The first-order chi connectivity index (χ1) is 20.9. The first-order valence-corrected chi connectivity index (χ1v) is 16.3. The number of aromatic amines is 1. The zero-order chi connectivity index (χ0) is 30.3. The highest BCUT2D eigenvalue weighted by atomic mass is 19.1. The number of nitrogens with one attached hydrogen (secondary N) is 3. The van der Waals surface area contributed by atoms with Crippen molar-refractivity contribution in [3.05, 3.63) is 47.4 Å². The van der Waals surface area contributed by atoms with Gasteiger partial charge in [0.15, 0.2) is 0 Å². The van der Waals surface area contributed by atoms with Crippen LogP contribution in [0, 0.1) is 30.6 Å². The third-order valence-electron chi connectivity index (χ3n) is 9.45. The standard InChI is InChI=1S/C33H46FN7O2/c1-4-20-41-26(18-19-35-41)32(42)38-30(29(22-12-8-6-9-13-22)23-14-10-7-11-15-23)33(43)37-27-17-16-24(31(34)36-27)28-21(3)39-40-25(28)5-2/h16-19,22-23,29-30H,4-15,20H2,1-3H3,(H,38,42)(H,39,40)(H,36,37,43)/t30-/m0/s1. The molecule has 0 saturated heterocycles. The van der Waals surface area contributed by atoms with Gasteiger partial charge in [0, 0.05) is 29.6 Å². The Labute approximate surface area is 253 Å². The lowest BCUT2D eigenvalue weighted by atomic mass is 9.66. The van der Waals surface area contributed by atoms with Gasteiger partial charge in [-0.05, 0) is 55.7 Å². The van der Waals surface area contributed by atoms with E-state index in [1.165, 1.54) is 12.8 Å². The van der Waals surface area contributed by atoms with Crippen LogP contribution in [0.25, 0.3) is 11.1 Å². The third-order valence-corrected chi connectivity index (χ3v) is 9.45. The highest BCUT2D eigenvalue weighted by Gasteiger charge is 2.41. The minimum absolute atomic E-state index is 0.00286. The lowest BCUT2D eigenvalue weighted by Crippen LogP contribution is -2.53. The van der Waals surface area contributed by atoms with E-state index >= 15 is 4.39 Å². The summed E-state index contributed by atoms with van der Waals surface area (Å²) in [6, 6.07) is 4.21. The molecule has 43 heavy (non-hydrogen) atoms. The van der Waals surface area contributed by atoms with Crippen LogP contribution in [0.1, 0.15) is 106 Å². The zero-order valence-corrected chi connectivity index (χ0v) is 25.8. The van der Waals surface area contributed by atoms with Gasteiger partial charge < -0.3 is 10.6 Å². The van der Waals surface area contributed by atoms with Gasteiger partial charge in [0.05, 0.1) is 5.69 Å². The molecule has 2 aliphatic carbocycles. The Morgan fingerprint density at radius 2 is 1.70 bits per heavy atom. The molecule has 0 unspecified atom stereocenters. The van der Waals surface area contributed by atoms with Crippen molar-refractivity contribution in [2.45, 2.75) is 110 Å². The van der Waals surface area contributed by atoms with Gasteiger partial charge in [0.2, 0.25) is 11.9 Å². The van der Waals surface area contributed by atoms with E-state index in [0.717, 1.165) is 69.2 Å². The number of hydrogen-bond acceptors (Lipinski definition) is 5. The number of amides is 2. The maximum Gasteiger partial charge on any atom is 0.270 e. The van der Waals surface area contributed by atoms with Crippen LogP contribution in [0.5, 0.6) is 0 Å². The number of hydrogen-bond donors (Lipinski definition) is 3. The molecule has 3 aromatic heterocycles.